The Labute approximate surface area is 98.9 Å². The molecule has 0 unspecified atom stereocenters. The van der Waals surface area contributed by atoms with Crippen molar-refractivity contribution in [3.63, 3.8) is 0 Å². The molecule has 1 amide bonds. The maximum absolute atomic E-state index is 11.4. The van der Waals surface area contributed by atoms with Crippen LogP contribution in [0, 0.1) is 0 Å². The molecule has 0 radical (unpaired) electrons. The van der Waals surface area contributed by atoms with Crippen LogP contribution < -0.4 is 5.32 Å². The van der Waals surface area contributed by atoms with E-state index in [-0.39, 0.29) is 5.91 Å². The van der Waals surface area contributed by atoms with Crippen LogP contribution in [0.25, 0.3) is 0 Å². The van der Waals surface area contributed by atoms with Crippen molar-refractivity contribution >= 4 is 28.8 Å². The molecule has 5 heteroatoms. The van der Waals surface area contributed by atoms with Gasteiger partial charge in [-0.3, -0.25) is 9.78 Å². The van der Waals surface area contributed by atoms with Gasteiger partial charge >= 0.3 is 0 Å². The summed E-state index contributed by atoms with van der Waals surface area (Å²) in [5, 5.41) is 2.86. The van der Waals surface area contributed by atoms with E-state index in [1.807, 2.05) is 0 Å². The van der Waals surface area contributed by atoms with Crippen LogP contribution in [0.1, 0.15) is 35.4 Å². The molecular weight excluding hydrogens is 232 g/mol. The Hall–Kier alpha value is -0.610. The first-order chi connectivity index (χ1) is 7.34. The first kappa shape index (κ1) is 12.5. The van der Waals surface area contributed by atoms with Crippen molar-refractivity contribution in [2.75, 3.05) is 12.4 Å². The van der Waals surface area contributed by atoms with E-state index in [0.29, 0.717) is 4.88 Å². The Balaban J connectivity index is 2.03. The molecule has 3 nitrogen and oxygen atoms in total. The van der Waals surface area contributed by atoms with Crippen LogP contribution in [0.2, 0.25) is 0 Å². The highest BCUT2D eigenvalue weighted by atomic mass is 35.5. The fourth-order valence-electron chi connectivity index (χ4n) is 1.19. The molecule has 84 valence electrons. The first-order valence-electron chi connectivity index (χ1n) is 5.07. The fraction of sp³-hybridized carbons (Fsp3) is 0.600. The number of amides is 1. The number of thiazole rings is 1. The molecule has 0 atom stereocenters. The van der Waals surface area contributed by atoms with Crippen molar-refractivity contribution in [3.05, 3.63) is 16.6 Å². The van der Waals surface area contributed by atoms with Crippen LogP contribution in [0.3, 0.4) is 0 Å². The Morgan fingerprint density at radius 3 is 2.87 bits per heavy atom. The quantitative estimate of drug-likeness (QED) is 0.594. The third kappa shape index (κ3) is 5.14. The lowest BCUT2D eigenvalue weighted by molar-refractivity contribution is 0.0957. The maximum Gasteiger partial charge on any atom is 0.262 e. The number of nitrogens with zero attached hydrogens (tertiary/aromatic N) is 1. The van der Waals surface area contributed by atoms with Crippen molar-refractivity contribution in [2.45, 2.75) is 25.7 Å². The van der Waals surface area contributed by atoms with Gasteiger partial charge in [-0.1, -0.05) is 12.8 Å². The Bertz CT molecular complexity index is 277. The second-order valence-electron chi connectivity index (χ2n) is 3.22. The topological polar surface area (TPSA) is 42.0 Å². The lowest BCUT2D eigenvalue weighted by Crippen LogP contribution is -2.23. The van der Waals surface area contributed by atoms with Gasteiger partial charge in [0.25, 0.3) is 5.91 Å². The zero-order chi connectivity index (χ0) is 10.9. The minimum atomic E-state index is -0.0187. The van der Waals surface area contributed by atoms with Gasteiger partial charge in [-0.25, -0.2) is 0 Å². The summed E-state index contributed by atoms with van der Waals surface area (Å²) in [5.41, 5.74) is 1.66. The molecule has 0 bridgehead atoms. The number of carbonyl (C=O) groups is 1. The number of unbranched alkanes of at least 4 members (excludes halogenated alkanes) is 3. The lowest BCUT2D eigenvalue weighted by Gasteiger charge is -2.02. The number of hydrogen-bond donors (Lipinski definition) is 1. The largest absolute Gasteiger partial charge is 0.351 e. The minimum Gasteiger partial charge on any atom is -0.351 e. The number of hydrogen-bond acceptors (Lipinski definition) is 3. The molecular formula is C10H15ClN2OS. The van der Waals surface area contributed by atoms with Crippen molar-refractivity contribution in [1.82, 2.24) is 10.3 Å². The van der Waals surface area contributed by atoms with Crippen molar-refractivity contribution in [1.29, 1.82) is 0 Å². The van der Waals surface area contributed by atoms with E-state index in [4.69, 9.17) is 11.6 Å². The smallest absolute Gasteiger partial charge is 0.262 e. The highest BCUT2D eigenvalue weighted by Crippen LogP contribution is 2.05. The average molecular weight is 247 g/mol. The van der Waals surface area contributed by atoms with Gasteiger partial charge in [0, 0.05) is 12.4 Å². The van der Waals surface area contributed by atoms with Gasteiger partial charge in [0.2, 0.25) is 0 Å². The summed E-state index contributed by atoms with van der Waals surface area (Å²) in [6.07, 6.45) is 5.93. The number of alkyl halides is 1. The molecule has 0 saturated carbocycles. The number of halogens is 1. The molecule has 1 aromatic rings. The van der Waals surface area contributed by atoms with Crippen molar-refractivity contribution in [3.8, 4) is 0 Å². The first-order valence-corrected chi connectivity index (χ1v) is 6.48. The van der Waals surface area contributed by atoms with E-state index in [0.717, 1.165) is 38.1 Å². The van der Waals surface area contributed by atoms with E-state index in [1.165, 1.54) is 11.3 Å². The molecule has 0 spiro atoms. The molecule has 0 aromatic carbocycles. The summed E-state index contributed by atoms with van der Waals surface area (Å²) in [5.74, 6) is 0.711. The summed E-state index contributed by atoms with van der Waals surface area (Å²) in [4.78, 5) is 16.0. The predicted molar refractivity (Wildman–Crippen MR) is 63.6 cm³/mol. The van der Waals surface area contributed by atoms with E-state index < -0.39 is 0 Å². The number of carbonyl (C=O) groups excluding carboxylic acids is 1. The molecule has 0 aliphatic heterocycles. The van der Waals surface area contributed by atoms with Gasteiger partial charge in [0.15, 0.2) is 0 Å². The highest BCUT2D eigenvalue weighted by molar-refractivity contribution is 7.11. The minimum absolute atomic E-state index is 0.0187. The monoisotopic (exact) mass is 246 g/mol. The van der Waals surface area contributed by atoms with Gasteiger partial charge < -0.3 is 5.32 Å². The van der Waals surface area contributed by atoms with E-state index in [9.17, 15) is 4.79 Å². The van der Waals surface area contributed by atoms with Crippen LogP contribution in [-0.2, 0) is 0 Å². The zero-order valence-corrected chi connectivity index (χ0v) is 10.1. The zero-order valence-electron chi connectivity index (χ0n) is 8.54. The predicted octanol–water partition coefficient (Wildman–Crippen LogP) is 2.67. The van der Waals surface area contributed by atoms with Gasteiger partial charge in [-0.05, 0) is 12.8 Å². The molecule has 1 rings (SSSR count). The summed E-state index contributed by atoms with van der Waals surface area (Å²) in [7, 11) is 0. The molecule has 0 fully saturated rings. The molecule has 15 heavy (non-hydrogen) atoms. The SMILES string of the molecule is O=C(NCCCCCCCl)c1cncs1. The molecule has 1 N–H and O–H groups in total. The average Bonchev–Trinajstić information content (AvgIpc) is 2.76. The summed E-state index contributed by atoms with van der Waals surface area (Å²) in [6, 6.07) is 0. The Kier molecular flexibility index (Phi) is 6.36. The maximum atomic E-state index is 11.4. The van der Waals surface area contributed by atoms with E-state index in [1.54, 1.807) is 11.7 Å². The van der Waals surface area contributed by atoms with Crippen LogP contribution in [-0.4, -0.2) is 23.3 Å². The van der Waals surface area contributed by atoms with Gasteiger partial charge in [0.05, 0.1) is 11.7 Å². The van der Waals surface area contributed by atoms with E-state index >= 15 is 0 Å². The summed E-state index contributed by atoms with van der Waals surface area (Å²) < 4.78 is 0. The fourth-order valence-corrected chi connectivity index (χ4v) is 1.92. The van der Waals surface area contributed by atoms with Gasteiger partial charge in [-0.15, -0.1) is 22.9 Å². The third-order valence-electron chi connectivity index (χ3n) is 2.00. The second kappa shape index (κ2) is 7.65. The summed E-state index contributed by atoms with van der Waals surface area (Å²) in [6.45, 7) is 0.735. The van der Waals surface area contributed by atoms with Crippen LogP contribution >= 0.6 is 22.9 Å². The normalized spacial score (nSPS) is 10.2. The third-order valence-corrected chi connectivity index (χ3v) is 3.04. The molecule has 0 aliphatic carbocycles. The molecule has 0 saturated heterocycles. The van der Waals surface area contributed by atoms with Gasteiger partial charge in [-0.2, -0.15) is 0 Å². The lowest BCUT2D eigenvalue weighted by atomic mass is 10.2. The second-order valence-corrected chi connectivity index (χ2v) is 4.49. The van der Waals surface area contributed by atoms with Crippen molar-refractivity contribution < 1.29 is 4.79 Å². The molecule has 0 aliphatic rings. The summed E-state index contributed by atoms with van der Waals surface area (Å²) >= 11 is 6.92. The number of nitrogens with one attached hydrogen (secondary N) is 1. The number of rotatable bonds is 7. The Morgan fingerprint density at radius 2 is 2.20 bits per heavy atom. The molecule has 1 aromatic heterocycles. The van der Waals surface area contributed by atoms with E-state index in [2.05, 4.69) is 10.3 Å². The van der Waals surface area contributed by atoms with Crippen LogP contribution in [0.5, 0.6) is 0 Å². The Morgan fingerprint density at radius 1 is 1.40 bits per heavy atom. The van der Waals surface area contributed by atoms with Gasteiger partial charge in [0.1, 0.15) is 4.88 Å². The highest BCUT2D eigenvalue weighted by Gasteiger charge is 2.04. The van der Waals surface area contributed by atoms with Crippen molar-refractivity contribution in [2.24, 2.45) is 0 Å². The molecule has 1 heterocycles. The standard InChI is InChI=1S/C10H15ClN2OS/c11-5-3-1-2-4-6-13-10(14)9-7-12-8-15-9/h7-8H,1-6H2,(H,13,14). The van der Waals surface area contributed by atoms with Crippen LogP contribution in [0.4, 0.5) is 0 Å². The van der Waals surface area contributed by atoms with Crippen LogP contribution in [0.15, 0.2) is 11.7 Å². The number of aromatic nitrogens is 1.